The number of benzene rings is 3. The van der Waals surface area contributed by atoms with Crippen LogP contribution in [0.5, 0.6) is 0 Å². The number of thioether (sulfide) groups is 1. The Labute approximate surface area is 199 Å². The van der Waals surface area contributed by atoms with E-state index in [0.29, 0.717) is 19.7 Å². The molecule has 1 amide bonds. The number of para-hydroxylation sites is 1. The van der Waals surface area contributed by atoms with Gasteiger partial charge in [-0.1, -0.05) is 77.7 Å². The zero-order valence-electron chi connectivity index (χ0n) is 17.3. The fourth-order valence-electron chi connectivity index (χ4n) is 3.23. The van der Waals surface area contributed by atoms with Crippen molar-refractivity contribution in [1.29, 1.82) is 0 Å². The van der Waals surface area contributed by atoms with Gasteiger partial charge in [-0.25, -0.2) is 0 Å². The third kappa shape index (κ3) is 4.62. The van der Waals surface area contributed by atoms with E-state index in [1.165, 1.54) is 34.5 Å². The van der Waals surface area contributed by atoms with Crippen molar-refractivity contribution in [3.05, 3.63) is 98.4 Å². The van der Waals surface area contributed by atoms with Gasteiger partial charge >= 0.3 is 0 Å². The topological polar surface area (TPSA) is 63.5 Å². The zero-order valence-corrected chi connectivity index (χ0v) is 19.7. The monoisotopic (exact) mass is 478 g/mol. The standard InChI is InChI=1S/C24H18N2O3S3/c1-15-7-10-18(11-8-15)31-21-12-9-17(13-20(21)26(28)29)14-22-23(27)25(24(30)32-22)19-6-4-3-5-16(19)2/h3-14H,1-2H3. The average Bonchev–Trinajstić information content (AvgIpc) is 3.04. The molecule has 8 heteroatoms. The second kappa shape index (κ2) is 9.28. The van der Waals surface area contributed by atoms with E-state index >= 15 is 0 Å². The van der Waals surface area contributed by atoms with Crippen LogP contribution < -0.4 is 4.90 Å². The third-order valence-corrected chi connectivity index (χ3v) is 7.25. The lowest BCUT2D eigenvalue weighted by Gasteiger charge is -2.16. The summed E-state index contributed by atoms with van der Waals surface area (Å²) in [5, 5.41) is 11.7. The smallest absolute Gasteiger partial charge is 0.268 e. The van der Waals surface area contributed by atoms with Gasteiger partial charge in [-0.15, -0.1) is 0 Å². The average molecular weight is 479 g/mol. The fourth-order valence-corrected chi connectivity index (χ4v) is 5.41. The fraction of sp³-hybridized carbons (Fsp3) is 0.0833. The molecule has 4 rings (SSSR count). The van der Waals surface area contributed by atoms with Gasteiger partial charge in [0.15, 0.2) is 4.32 Å². The molecule has 3 aromatic carbocycles. The van der Waals surface area contributed by atoms with Gasteiger partial charge in [-0.05, 0) is 55.3 Å². The summed E-state index contributed by atoms with van der Waals surface area (Å²) in [5.74, 6) is -0.227. The number of nitrogens with zero attached hydrogens (tertiary/aromatic N) is 2. The number of anilines is 1. The van der Waals surface area contributed by atoms with Gasteiger partial charge in [0.2, 0.25) is 0 Å². The molecule has 32 heavy (non-hydrogen) atoms. The summed E-state index contributed by atoms with van der Waals surface area (Å²) in [7, 11) is 0. The van der Waals surface area contributed by atoms with Crippen LogP contribution in [-0.2, 0) is 4.79 Å². The molecule has 0 unspecified atom stereocenters. The van der Waals surface area contributed by atoms with Gasteiger partial charge in [0.25, 0.3) is 11.6 Å². The van der Waals surface area contributed by atoms with Crippen molar-refractivity contribution in [3.8, 4) is 0 Å². The van der Waals surface area contributed by atoms with E-state index < -0.39 is 4.92 Å². The van der Waals surface area contributed by atoms with Crippen molar-refractivity contribution < 1.29 is 9.72 Å². The summed E-state index contributed by atoms with van der Waals surface area (Å²) in [4.78, 5) is 27.8. The van der Waals surface area contributed by atoms with Crippen LogP contribution >= 0.6 is 35.7 Å². The van der Waals surface area contributed by atoms with Crippen LogP contribution in [-0.4, -0.2) is 15.2 Å². The number of hydrogen-bond donors (Lipinski definition) is 0. The molecule has 1 saturated heterocycles. The van der Waals surface area contributed by atoms with Gasteiger partial charge in [-0.3, -0.25) is 19.8 Å². The highest BCUT2D eigenvalue weighted by atomic mass is 32.2. The molecule has 0 aliphatic carbocycles. The van der Waals surface area contributed by atoms with Crippen molar-refractivity contribution in [2.45, 2.75) is 23.6 Å². The van der Waals surface area contributed by atoms with Crippen LogP contribution in [0.15, 0.2) is 81.4 Å². The lowest BCUT2D eigenvalue weighted by Crippen LogP contribution is -2.28. The van der Waals surface area contributed by atoms with Gasteiger partial charge in [0.05, 0.1) is 20.4 Å². The van der Waals surface area contributed by atoms with Crippen LogP contribution in [0.25, 0.3) is 6.08 Å². The zero-order chi connectivity index (χ0) is 22.8. The third-order valence-electron chi connectivity index (χ3n) is 4.88. The highest BCUT2D eigenvalue weighted by molar-refractivity contribution is 8.27. The minimum atomic E-state index is -0.396. The molecular formula is C24H18N2O3S3. The lowest BCUT2D eigenvalue weighted by molar-refractivity contribution is -0.387. The van der Waals surface area contributed by atoms with Gasteiger partial charge < -0.3 is 0 Å². The first kappa shape index (κ1) is 22.3. The number of thiocarbonyl (C=S) groups is 1. The number of rotatable bonds is 5. The molecule has 0 N–H and O–H groups in total. The van der Waals surface area contributed by atoms with Crippen molar-refractivity contribution in [2.24, 2.45) is 0 Å². The van der Waals surface area contributed by atoms with E-state index in [2.05, 4.69) is 0 Å². The number of amides is 1. The molecule has 0 spiro atoms. The van der Waals surface area contributed by atoms with E-state index in [1.807, 2.05) is 62.4 Å². The Morgan fingerprint density at radius 3 is 2.47 bits per heavy atom. The molecule has 0 aromatic heterocycles. The largest absolute Gasteiger partial charge is 0.283 e. The van der Waals surface area contributed by atoms with Crippen molar-refractivity contribution in [2.75, 3.05) is 4.90 Å². The van der Waals surface area contributed by atoms with E-state index in [4.69, 9.17) is 12.2 Å². The molecule has 0 radical (unpaired) electrons. The maximum absolute atomic E-state index is 13.0. The van der Waals surface area contributed by atoms with Crippen LogP contribution in [0.1, 0.15) is 16.7 Å². The summed E-state index contributed by atoms with van der Waals surface area (Å²) in [5.41, 5.74) is 3.39. The predicted molar refractivity (Wildman–Crippen MR) is 135 cm³/mol. The SMILES string of the molecule is Cc1ccc(Sc2ccc(C=C3SC(=S)N(c4ccccc4C)C3=O)cc2[N+](=O)[O-])cc1. The molecule has 0 atom stereocenters. The maximum atomic E-state index is 13.0. The van der Waals surface area contributed by atoms with Crippen molar-refractivity contribution >= 4 is 63.4 Å². The Morgan fingerprint density at radius 2 is 1.78 bits per heavy atom. The molecule has 0 bridgehead atoms. The molecule has 3 aromatic rings. The molecule has 1 heterocycles. The van der Waals surface area contributed by atoms with Crippen LogP contribution in [0.4, 0.5) is 11.4 Å². The number of nitro benzene ring substituents is 1. The molecule has 160 valence electrons. The molecule has 5 nitrogen and oxygen atoms in total. The van der Waals surface area contributed by atoms with Crippen LogP contribution in [0.2, 0.25) is 0 Å². The van der Waals surface area contributed by atoms with E-state index in [0.717, 1.165) is 21.7 Å². The van der Waals surface area contributed by atoms with Crippen LogP contribution in [0, 0.1) is 24.0 Å². The lowest BCUT2D eigenvalue weighted by atomic mass is 10.1. The number of nitro groups is 1. The van der Waals surface area contributed by atoms with Gasteiger partial charge in [-0.2, -0.15) is 0 Å². The highest BCUT2D eigenvalue weighted by Gasteiger charge is 2.34. The van der Waals surface area contributed by atoms with Gasteiger partial charge in [0, 0.05) is 11.0 Å². The number of hydrogen-bond acceptors (Lipinski definition) is 6. The van der Waals surface area contributed by atoms with E-state index in [1.54, 1.807) is 18.2 Å². The Morgan fingerprint density at radius 1 is 1.06 bits per heavy atom. The molecule has 0 saturated carbocycles. The minimum Gasteiger partial charge on any atom is -0.268 e. The van der Waals surface area contributed by atoms with E-state index in [-0.39, 0.29) is 11.6 Å². The number of carbonyl (C=O) groups excluding carboxylic acids is 1. The van der Waals surface area contributed by atoms with Gasteiger partial charge in [0.1, 0.15) is 0 Å². The summed E-state index contributed by atoms with van der Waals surface area (Å²) in [6, 6.07) is 20.4. The van der Waals surface area contributed by atoms with Crippen molar-refractivity contribution in [1.82, 2.24) is 0 Å². The van der Waals surface area contributed by atoms with E-state index in [9.17, 15) is 14.9 Å². The predicted octanol–water partition coefficient (Wildman–Crippen LogP) is 6.77. The minimum absolute atomic E-state index is 0.00120. The first-order chi connectivity index (χ1) is 15.3. The summed E-state index contributed by atoms with van der Waals surface area (Å²) >= 11 is 7.97. The van der Waals surface area contributed by atoms with Crippen LogP contribution in [0.3, 0.4) is 0 Å². The number of aryl methyl sites for hydroxylation is 2. The second-order valence-electron chi connectivity index (χ2n) is 7.20. The first-order valence-electron chi connectivity index (χ1n) is 9.70. The maximum Gasteiger partial charge on any atom is 0.283 e. The quantitative estimate of drug-likeness (QED) is 0.175. The number of carbonyl (C=O) groups is 1. The highest BCUT2D eigenvalue weighted by Crippen LogP contribution is 2.39. The molecule has 1 fully saturated rings. The molecule has 1 aliphatic heterocycles. The summed E-state index contributed by atoms with van der Waals surface area (Å²) in [6.07, 6.45) is 1.66. The normalized spacial score (nSPS) is 14.9. The Kier molecular flexibility index (Phi) is 6.45. The Balaban J connectivity index is 1.64. The Bertz CT molecular complexity index is 1270. The molecular weight excluding hydrogens is 460 g/mol. The summed E-state index contributed by atoms with van der Waals surface area (Å²) in [6.45, 7) is 3.92. The first-order valence-corrected chi connectivity index (χ1v) is 11.7. The van der Waals surface area contributed by atoms with Crippen molar-refractivity contribution in [3.63, 3.8) is 0 Å². The summed E-state index contributed by atoms with van der Waals surface area (Å²) < 4.78 is 0.441. The second-order valence-corrected chi connectivity index (χ2v) is 9.99. The molecule has 1 aliphatic rings. The Hall–Kier alpha value is -2.94.